The number of aliphatic imine (C=N–C) groups is 1. The van der Waals surface area contributed by atoms with Gasteiger partial charge in [0.15, 0.2) is 5.96 Å². The van der Waals surface area contributed by atoms with Crippen LogP contribution in [-0.2, 0) is 11.3 Å². The largest absolute Gasteiger partial charge is 0.497 e. The van der Waals surface area contributed by atoms with Gasteiger partial charge in [-0.05, 0) is 43.7 Å². The number of nitrogens with one attached hydrogen (secondary N) is 3. The maximum atomic E-state index is 12.3. The number of methoxy groups -OCH3 is 2. The van der Waals surface area contributed by atoms with Crippen molar-refractivity contribution in [2.45, 2.75) is 20.4 Å². The summed E-state index contributed by atoms with van der Waals surface area (Å²) in [7, 11) is 3.23. The van der Waals surface area contributed by atoms with Gasteiger partial charge in [0.05, 0.1) is 20.3 Å². The number of carbonyl (C=O) groups excluding carboxylic acids is 1. The van der Waals surface area contributed by atoms with Crippen LogP contribution in [0.2, 0.25) is 0 Å². The minimum absolute atomic E-state index is 0.148. The normalized spacial score (nSPS) is 11.1. The zero-order valence-corrected chi connectivity index (χ0v) is 19.4. The zero-order valence-electron chi connectivity index (χ0n) is 19.4. The van der Waals surface area contributed by atoms with Crippen LogP contribution in [0.15, 0.2) is 47.5 Å². The molecule has 1 amide bonds. The number of hydrogen-bond acceptors (Lipinski definition) is 5. The van der Waals surface area contributed by atoms with Crippen LogP contribution in [0.1, 0.15) is 28.4 Å². The number of aryl methyl sites for hydroxylation is 1. The van der Waals surface area contributed by atoms with Gasteiger partial charge in [0.25, 0.3) is 5.91 Å². The third-order valence-electron chi connectivity index (χ3n) is 4.55. The lowest BCUT2D eigenvalue weighted by Gasteiger charge is -2.14. The summed E-state index contributed by atoms with van der Waals surface area (Å²) in [5.41, 5.74) is 2.68. The first kappa shape index (κ1) is 25.0. The molecule has 8 nitrogen and oxygen atoms in total. The summed E-state index contributed by atoms with van der Waals surface area (Å²) in [5.74, 6) is 1.99. The molecule has 0 saturated carbocycles. The molecule has 0 bridgehead atoms. The summed E-state index contributed by atoms with van der Waals surface area (Å²) < 4.78 is 16.1. The Labute approximate surface area is 190 Å². The third kappa shape index (κ3) is 8.47. The van der Waals surface area contributed by atoms with Gasteiger partial charge in [-0.2, -0.15) is 0 Å². The van der Waals surface area contributed by atoms with E-state index >= 15 is 0 Å². The third-order valence-corrected chi connectivity index (χ3v) is 4.55. The van der Waals surface area contributed by atoms with Gasteiger partial charge in [-0.25, -0.2) is 4.99 Å². The fraction of sp³-hybridized carbons (Fsp3) is 0.417. The molecule has 0 aromatic heterocycles. The van der Waals surface area contributed by atoms with Crippen molar-refractivity contribution in [1.82, 2.24) is 16.0 Å². The standard InChI is InChI=1S/C24H34N4O4/c1-5-25-24(27-12-11-26-23(29)19-7-6-8-21(16-19)31-4)28-17-20-10-9-18(2)15-22(20)32-14-13-30-3/h6-10,15-16H,5,11-14,17H2,1-4H3,(H,26,29)(H2,25,27,28). The second-order valence-electron chi connectivity index (χ2n) is 7.06. The van der Waals surface area contributed by atoms with Gasteiger partial charge in [0.2, 0.25) is 0 Å². The molecule has 0 aliphatic heterocycles. The van der Waals surface area contributed by atoms with Crippen molar-refractivity contribution in [3.05, 3.63) is 59.2 Å². The molecular weight excluding hydrogens is 408 g/mol. The van der Waals surface area contributed by atoms with Crippen LogP contribution in [0.4, 0.5) is 0 Å². The van der Waals surface area contributed by atoms with Gasteiger partial charge in [0.1, 0.15) is 18.1 Å². The average molecular weight is 443 g/mol. The molecule has 0 heterocycles. The number of amides is 1. The van der Waals surface area contributed by atoms with Gasteiger partial charge in [-0.1, -0.05) is 18.2 Å². The highest BCUT2D eigenvalue weighted by Crippen LogP contribution is 2.21. The molecule has 0 saturated heterocycles. The molecule has 0 aliphatic carbocycles. The Bertz CT molecular complexity index is 886. The summed E-state index contributed by atoms with van der Waals surface area (Å²) in [6.45, 7) is 7.24. The summed E-state index contributed by atoms with van der Waals surface area (Å²) in [5, 5.41) is 9.36. The van der Waals surface area contributed by atoms with Crippen LogP contribution in [0.3, 0.4) is 0 Å². The van der Waals surface area contributed by atoms with Gasteiger partial charge < -0.3 is 30.2 Å². The molecule has 0 aliphatic rings. The first-order valence-electron chi connectivity index (χ1n) is 10.7. The average Bonchev–Trinajstić information content (AvgIpc) is 2.81. The van der Waals surface area contributed by atoms with Crippen molar-refractivity contribution in [3.8, 4) is 11.5 Å². The molecule has 2 aromatic carbocycles. The second-order valence-corrected chi connectivity index (χ2v) is 7.06. The van der Waals surface area contributed by atoms with Gasteiger partial charge in [-0.3, -0.25) is 4.79 Å². The Morgan fingerprint density at radius 3 is 2.56 bits per heavy atom. The molecule has 0 radical (unpaired) electrons. The molecule has 32 heavy (non-hydrogen) atoms. The maximum Gasteiger partial charge on any atom is 0.251 e. The fourth-order valence-corrected chi connectivity index (χ4v) is 2.89. The van der Waals surface area contributed by atoms with E-state index in [9.17, 15) is 4.79 Å². The molecule has 0 atom stereocenters. The molecular formula is C24H34N4O4. The van der Waals surface area contributed by atoms with Crippen LogP contribution in [0.25, 0.3) is 0 Å². The lowest BCUT2D eigenvalue weighted by molar-refractivity contribution is 0.0954. The Kier molecular flexibility index (Phi) is 10.9. The minimum Gasteiger partial charge on any atom is -0.497 e. The molecule has 3 N–H and O–H groups in total. The van der Waals surface area contributed by atoms with Crippen molar-refractivity contribution in [2.24, 2.45) is 4.99 Å². The highest BCUT2D eigenvalue weighted by Gasteiger charge is 2.07. The summed E-state index contributed by atoms with van der Waals surface area (Å²) in [6.07, 6.45) is 0. The number of ether oxygens (including phenoxy) is 3. The van der Waals surface area contributed by atoms with E-state index in [-0.39, 0.29) is 5.91 Å². The van der Waals surface area contributed by atoms with Crippen molar-refractivity contribution >= 4 is 11.9 Å². The van der Waals surface area contributed by atoms with E-state index in [4.69, 9.17) is 14.2 Å². The predicted molar refractivity (Wildman–Crippen MR) is 127 cm³/mol. The number of carbonyl (C=O) groups is 1. The lowest BCUT2D eigenvalue weighted by Crippen LogP contribution is -2.41. The predicted octanol–water partition coefficient (Wildman–Crippen LogP) is 2.51. The van der Waals surface area contributed by atoms with Crippen LogP contribution in [-0.4, -0.2) is 58.9 Å². The first-order valence-corrected chi connectivity index (χ1v) is 10.7. The number of nitrogens with zero attached hydrogens (tertiary/aromatic N) is 1. The van der Waals surface area contributed by atoms with E-state index in [1.807, 2.05) is 32.0 Å². The smallest absolute Gasteiger partial charge is 0.251 e. The highest BCUT2D eigenvalue weighted by atomic mass is 16.5. The van der Waals surface area contributed by atoms with E-state index < -0.39 is 0 Å². The van der Waals surface area contributed by atoms with Crippen LogP contribution >= 0.6 is 0 Å². The Hall–Kier alpha value is -3.26. The molecule has 2 aromatic rings. The monoisotopic (exact) mass is 442 g/mol. The van der Waals surface area contributed by atoms with E-state index in [0.717, 1.165) is 23.4 Å². The molecule has 174 valence electrons. The van der Waals surface area contributed by atoms with E-state index in [1.165, 1.54) is 0 Å². The molecule has 0 unspecified atom stereocenters. The number of rotatable bonds is 12. The quantitative estimate of drug-likeness (QED) is 0.266. The number of benzene rings is 2. The number of guanidine groups is 1. The van der Waals surface area contributed by atoms with Crippen LogP contribution in [0.5, 0.6) is 11.5 Å². The van der Waals surface area contributed by atoms with Crippen molar-refractivity contribution in [3.63, 3.8) is 0 Å². The topological polar surface area (TPSA) is 93.2 Å². The van der Waals surface area contributed by atoms with Gasteiger partial charge in [-0.15, -0.1) is 0 Å². The summed E-state index contributed by atoms with van der Waals surface area (Å²) in [6, 6.07) is 13.1. The molecule has 8 heteroatoms. The maximum absolute atomic E-state index is 12.3. The summed E-state index contributed by atoms with van der Waals surface area (Å²) >= 11 is 0. The summed E-state index contributed by atoms with van der Waals surface area (Å²) in [4.78, 5) is 17.0. The Morgan fingerprint density at radius 1 is 1.00 bits per heavy atom. The Balaban J connectivity index is 1.89. The molecule has 0 fully saturated rings. The van der Waals surface area contributed by atoms with Gasteiger partial charge >= 0.3 is 0 Å². The number of hydrogen-bond donors (Lipinski definition) is 3. The first-order chi connectivity index (χ1) is 15.6. The lowest BCUT2D eigenvalue weighted by atomic mass is 10.1. The highest BCUT2D eigenvalue weighted by molar-refractivity contribution is 5.94. The molecule has 2 rings (SSSR count). The van der Waals surface area contributed by atoms with Crippen LogP contribution in [0, 0.1) is 6.92 Å². The van der Waals surface area contributed by atoms with E-state index in [1.54, 1.807) is 38.5 Å². The van der Waals surface area contributed by atoms with Crippen molar-refractivity contribution < 1.29 is 19.0 Å². The molecule has 0 spiro atoms. The fourth-order valence-electron chi connectivity index (χ4n) is 2.89. The zero-order chi connectivity index (χ0) is 23.2. The van der Waals surface area contributed by atoms with E-state index in [2.05, 4.69) is 20.9 Å². The van der Waals surface area contributed by atoms with E-state index in [0.29, 0.717) is 50.1 Å². The van der Waals surface area contributed by atoms with Crippen molar-refractivity contribution in [2.75, 3.05) is 47.1 Å². The van der Waals surface area contributed by atoms with Crippen molar-refractivity contribution in [1.29, 1.82) is 0 Å². The minimum atomic E-state index is -0.148. The van der Waals surface area contributed by atoms with Crippen LogP contribution < -0.4 is 25.4 Å². The SMILES string of the molecule is CCNC(=NCc1ccc(C)cc1OCCOC)NCCNC(=O)c1cccc(OC)c1. The second kappa shape index (κ2) is 13.9. The van der Waals surface area contributed by atoms with Gasteiger partial charge in [0, 0.05) is 37.9 Å². The Morgan fingerprint density at radius 2 is 1.81 bits per heavy atom.